The van der Waals surface area contributed by atoms with Crippen LogP contribution in [0.2, 0.25) is 0 Å². The minimum atomic E-state index is -0.298. The van der Waals surface area contributed by atoms with Crippen molar-refractivity contribution in [3.8, 4) is 0 Å². The Hall–Kier alpha value is -2.41. The van der Waals surface area contributed by atoms with Crippen molar-refractivity contribution in [2.24, 2.45) is 0 Å². The summed E-state index contributed by atoms with van der Waals surface area (Å²) in [5, 5.41) is 6.06. The Morgan fingerprint density at radius 2 is 1.90 bits per heavy atom. The lowest BCUT2D eigenvalue weighted by molar-refractivity contribution is 0.210. The molecular weight excluding hydrogens is 261 g/mol. The van der Waals surface area contributed by atoms with Crippen molar-refractivity contribution in [2.75, 3.05) is 36.6 Å². The number of hydrogen-bond acceptors (Lipinski definition) is 6. The van der Waals surface area contributed by atoms with E-state index >= 15 is 0 Å². The molecule has 7 heteroatoms. The molecule has 4 N–H and O–H groups in total. The SMILES string of the molecule is COCCNc1ncnc(Nc2ccc(F)cc2)c1N. The van der Waals surface area contributed by atoms with Gasteiger partial charge in [0.1, 0.15) is 17.8 Å². The van der Waals surface area contributed by atoms with Gasteiger partial charge in [-0.2, -0.15) is 0 Å². The Morgan fingerprint density at radius 1 is 1.20 bits per heavy atom. The molecule has 0 aliphatic heterocycles. The first kappa shape index (κ1) is 14.0. The predicted octanol–water partition coefficient (Wildman–Crippen LogP) is 2.00. The molecular formula is C13H16FN5O. The molecule has 0 aliphatic rings. The molecule has 6 nitrogen and oxygen atoms in total. The van der Waals surface area contributed by atoms with Crippen molar-refractivity contribution < 1.29 is 9.13 Å². The Morgan fingerprint density at radius 3 is 2.60 bits per heavy atom. The highest BCUT2D eigenvalue weighted by Crippen LogP contribution is 2.25. The highest BCUT2D eigenvalue weighted by molar-refractivity contribution is 5.77. The van der Waals surface area contributed by atoms with Crippen LogP contribution in [0.25, 0.3) is 0 Å². The topological polar surface area (TPSA) is 85.1 Å². The van der Waals surface area contributed by atoms with Crippen LogP contribution in [0.3, 0.4) is 0 Å². The van der Waals surface area contributed by atoms with Crippen LogP contribution in [0.5, 0.6) is 0 Å². The van der Waals surface area contributed by atoms with Gasteiger partial charge < -0.3 is 21.1 Å². The monoisotopic (exact) mass is 277 g/mol. The van der Waals surface area contributed by atoms with Crippen molar-refractivity contribution in [1.82, 2.24) is 9.97 Å². The maximum Gasteiger partial charge on any atom is 0.159 e. The number of nitrogens with one attached hydrogen (secondary N) is 2. The number of rotatable bonds is 6. The number of halogens is 1. The third kappa shape index (κ3) is 3.55. The molecule has 1 heterocycles. The van der Waals surface area contributed by atoms with E-state index in [9.17, 15) is 4.39 Å². The minimum Gasteiger partial charge on any atom is -0.393 e. The van der Waals surface area contributed by atoms with Crippen molar-refractivity contribution >= 4 is 23.0 Å². The molecule has 1 aromatic heterocycles. The third-order valence-electron chi connectivity index (χ3n) is 2.59. The molecule has 2 rings (SSSR count). The van der Waals surface area contributed by atoms with Gasteiger partial charge >= 0.3 is 0 Å². The van der Waals surface area contributed by atoms with Gasteiger partial charge in [-0.1, -0.05) is 0 Å². The Bertz CT molecular complexity index is 561. The van der Waals surface area contributed by atoms with Crippen LogP contribution in [0.4, 0.5) is 27.4 Å². The molecule has 0 fully saturated rings. The molecule has 0 aliphatic carbocycles. The molecule has 0 saturated carbocycles. The van der Waals surface area contributed by atoms with Gasteiger partial charge in [-0.25, -0.2) is 14.4 Å². The van der Waals surface area contributed by atoms with Crippen molar-refractivity contribution in [2.45, 2.75) is 0 Å². The van der Waals surface area contributed by atoms with Gasteiger partial charge in [0.15, 0.2) is 11.6 Å². The summed E-state index contributed by atoms with van der Waals surface area (Å²) in [6, 6.07) is 5.93. The van der Waals surface area contributed by atoms with Crippen LogP contribution < -0.4 is 16.4 Å². The fourth-order valence-corrected chi connectivity index (χ4v) is 1.58. The van der Waals surface area contributed by atoms with Crippen LogP contribution in [-0.4, -0.2) is 30.2 Å². The van der Waals surface area contributed by atoms with Gasteiger partial charge in [-0.3, -0.25) is 0 Å². The average Bonchev–Trinajstić information content (AvgIpc) is 2.45. The summed E-state index contributed by atoms with van der Waals surface area (Å²) in [4.78, 5) is 8.14. The number of nitrogen functional groups attached to an aromatic ring is 1. The maximum atomic E-state index is 12.8. The molecule has 0 atom stereocenters. The van der Waals surface area contributed by atoms with E-state index in [2.05, 4.69) is 20.6 Å². The van der Waals surface area contributed by atoms with Gasteiger partial charge in [-0.15, -0.1) is 0 Å². The molecule has 1 aromatic carbocycles. The minimum absolute atomic E-state index is 0.298. The number of aromatic nitrogens is 2. The lowest BCUT2D eigenvalue weighted by atomic mass is 10.3. The van der Waals surface area contributed by atoms with E-state index in [4.69, 9.17) is 10.5 Å². The first-order valence-electron chi connectivity index (χ1n) is 6.06. The van der Waals surface area contributed by atoms with Gasteiger partial charge in [0.2, 0.25) is 0 Å². The van der Waals surface area contributed by atoms with Crippen molar-refractivity contribution in [3.05, 3.63) is 36.4 Å². The summed E-state index contributed by atoms with van der Waals surface area (Å²) in [5.74, 6) is 0.696. The van der Waals surface area contributed by atoms with E-state index in [0.717, 1.165) is 0 Å². The first-order chi connectivity index (χ1) is 9.70. The van der Waals surface area contributed by atoms with Crippen LogP contribution in [0.1, 0.15) is 0 Å². The van der Waals surface area contributed by atoms with Gasteiger partial charge in [0, 0.05) is 19.3 Å². The zero-order chi connectivity index (χ0) is 14.4. The second kappa shape index (κ2) is 6.67. The maximum absolute atomic E-state index is 12.8. The first-order valence-corrected chi connectivity index (χ1v) is 6.06. The zero-order valence-electron chi connectivity index (χ0n) is 11.1. The Labute approximate surface area is 116 Å². The second-order valence-corrected chi connectivity index (χ2v) is 4.04. The number of anilines is 4. The van der Waals surface area contributed by atoms with E-state index in [1.807, 2.05) is 0 Å². The smallest absolute Gasteiger partial charge is 0.159 e. The van der Waals surface area contributed by atoms with E-state index < -0.39 is 0 Å². The van der Waals surface area contributed by atoms with Crippen LogP contribution in [0, 0.1) is 5.82 Å². The molecule has 0 bridgehead atoms. The highest BCUT2D eigenvalue weighted by atomic mass is 19.1. The molecule has 0 spiro atoms. The second-order valence-electron chi connectivity index (χ2n) is 4.04. The quantitative estimate of drug-likeness (QED) is 0.700. The number of ether oxygens (including phenoxy) is 1. The van der Waals surface area contributed by atoms with E-state index in [1.54, 1.807) is 19.2 Å². The number of benzene rings is 1. The molecule has 0 unspecified atom stereocenters. The summed E-state index contributed by atoms with van der Waals surface area (Å²) >= 11 is 0. The number of hydrogen-bond donors (Lipinski definition) is 3. The van der Waals surface area contributed by atoms with Crippen molar-refractivity contribution in [3.63, 3.8) is 0 Å². The third-order valence-corrected chi connectivity index (χ3v) is 2.59. The zero-order valence-corrected chi connectivity index (χ0v) is 11.1. The standard InChI is InChI=1S/C13H16FN5O/c1-20-7-6-16-12-11(15)13(18-8-17-12)19-10-4-2-9(14)3-5-10/h2-5,8H,6-7,15H2,1H3,(H2,16,17,18,19). The number of methoxy groups -OCH3 is 1. The van der Waals surface area contributed by atoms with Gasteiger partial charge in [0.05, 0.1) is 6.61 Å². The van der Waals surface area contributed by atoms with Crippen molar-refractivity contribution in [1.29, 1.82) is 0 Å². The fourth-order valence-electron chi connectivity index (χ4n) is 1.58. The summed E-state index contributed by atoms with van der Waals surface area (Å²) in [7, 11) is 1.62. The van der Waals surface area contributed by atoms with Gasteiger partial charge in [0.25, 0.3) is 0 Å². The van der Waals surface area contributed by atoms with Crippen LogP contribution in [0.15, 0.2) is 30.6 Å². The molecule has 106 valence electrons. The van der Waals surface area contributed by atoms with Crippen LogP contribution >= 0.6 is 0 Å². The van der Waals surface area contributed by atoms with E-state index in [0.29, 0.717) is 36.2 Å². The molecule has 0 amide bonds. The molecule has 20 heavy (non-hydrogen) atoms. The van der Waals surface area contributed by atoms with E-state index in [-0.39, 0.29) is 5.82 Å². The number of nitrogens with two attached hydrogens (primary N) is 1. The molecule has 0 saturated heterocycles. The number of nitrogens with zero attached hydrogens (tertiary/aromatic N) is 2. The average molecular weight is 277 g/mol. The van der Waals surface area contributed by atoms with Crippen LogP contribution in [-0.2, 0) is 4.74 Å². The summed E-state index contributed by atoms with van der Waals surface area (Å²) < 4.78 is 17.8. The normalized spacial score (nSPS) is 10.3. The van der Waals surface area contributed by atoms with E-state index in [1.165, 1.54) is 18.5 Å². The predicted molar refractivity (Wildman–Crippen MR) is 76.5 cm³/mol. The molecule has 0 radical (unpaired) electrons. The lowest BCUT2D eigenvalue weighted by Gasteiger charge is -2.12. The van der Waals surface area contributed by atoms with Gasteiger partial charge in [-0.05, 0) is 24.3 Å². The largest absolute Gasteiger partial charge is 0.393 e. The highest BCUT2D eigenvalue weighted by Gasteiger charge is 2.07. The summed E-state index contributed by atoms with van der Waals surface area (Å²) in [5.41, 5.74) is 7.07. The Balaban J connectivity index is 2.11. The molecule has 2 aromatic rings. The Kier molecular flexibility index (Phi) is 4.67. The lowest BCUT2D eigenvalue weighted by Crippen LogP contribution is -2.12. The fraction of sp³-hybridized carbons (Fsp3) is 0.231. The summed E-state index contributed by atoms with van der Waals surface area (Å²) in [6.07, 6.45) is 1.40. The summed E-state index contributed by atoms with van der Waals surface area (Å²) in [6.45, 7) is 1.14.